The summed E-state index contributed by atoms with van der Waals surface area (Å²) in [5.41, 5.74) is 2.18. The van der Waals surface area contributed by atoms with Crippen molar-refractivity contribution in [1.29, 1.82) is 0 Å². The minimum Gasteiger partial charge on any atom is -0.506 e. The van der Waals surface area contributed by atoms with Crippen molar-refractivity contribution in [2.24, 2.45) is 5.92 Å². The molecule has 0 heterocycles. The number of aromatic hydroxyl groups is 1. The molecule has 3 heteroatoms. The molecule has 2 nitrogen and oxygen atoms in total. The van der Waals surface area contributed by atoms with Crippen LogP contribution in [0.4, 0.5) is 0 Å². The molecule has 0 fully saturated rings. The van der Waals surface area contributed by atoms with E-state index in [1.807, 2.05) is 24.3 Å². The molecule has 0 bridgehead atoms. The summed E-state index contributed by atoms with van der Waals surface area (Å²) in [6.45, 7) is 5.04. The van der Waals surface area contributed by atoms with Crippen molar-refractivity contribution in [3.63, 3.8) is 0 Å². The summed E-state index contributed by atoms with van der Waals surface area (Å²) >= 11 is 3.35. The van der Waals surface area contributed by atoms with Crippen LogP contribution in [0, 0.1) is 5.92 Å². The lowest BCUT2D eigenvalue weighted by atomic mass is 9.96. The molecule has 106 valence electrons. The summed E-state index contributed by atoms with van der Waals surface area (Å²) in [5.74, 6) is 0.794. The molecule has 0 aliphatic carbocycles. The highest BCUT2D eigenvalue weighted by Gasteiger charge is 2.15. The predicted octanol–water partition coefficient (Wildman–Crippen LogP) is 4.64. The van der Waals surface area contributed by atoms with Crippen LogP contribution in [0.15, 0.2) is 53.0 Å². The van der Waals surface area contributed by atoms with E-state index in [9.17, 15) is 5.11 Å². The van der Waals surface area contributed by atoms with Crippen molar-refractivity contribution >= 4 is 15.9 Å². The molecule has 0 aliphatic heterocycles. The number of benzene rings is 2. The lowest BCUT2D eigenvalue weighted by Crippen LogP contribution is -2.25. The smallest absolute Gasteiger partial charge is 0.134 e. The fourth-order valence-electron chi connectivity index (χ4n) is 2.32. The van der Waals surface area contributed by atoms with Crippen molar-refractivity contribution in [2.45, 2.75) is 26.4 Å². The van der Waals surface area contributed by atoms with Crippen molar-refractivity contribution in [3.05, 3.63) is 64.1 Å². The highest BCUT2D eigenvalue weighted by Crippen LogP contribution is 2.28. The molecule has 2 rings (SSSR count). The van der Waals surface area contributed by atoms with Crippen LogP contribution in [0.2, 0.25) is 0 Å². The zero-order valence-electron chi connectivity index (χ0n) is 11.8. The Labute approximate surface area is 129 Å². The second kappa shape index (κ2) is 6.91. The average Bonchev–Trinajstić information content (AvgIpc) is 2.44. The van der Waals surface area contributed by atoms with Crippen molar-refractivity contribution in [2.75, 3.05) is 0 Å². The first-order valence-corrected chi connectivity index (χ1v) is 7.63. The molecule has 2 aromatic rings. The quantitative estimate of drug-likeness (QED) is 0.835. The van der Waals surface area contributed by atoms with Crippen LogP contribution < -0.4 is 5.32 Å². The van der Waals surface area contributed by atoms with Gasteiger partial charge in [0.2, 0.25) is 0 Å². The first kappa shape index (κ1) is 15.1. The molecule has 0 amide bonds. The van der Waals surface area contributed by atoms with Gasteiger partial charge in [0.1, 0.15) is 5.75 Å². The van der Waals surface area contributed by atoms with Crippen LogP contribution >= 0.6 is 15.9 Å². The number of para-hydroxylation sites is 1. The maximum Gasteiger partial charge on any atom is 0.134 e. The third kappa shape index (κ3) is 3.62. The Morgan fingerprint density at radius 2 is 1.75 bits per heavy atom. The Hall–Kier alpha value is -1.32. The van der Waals surface area contributed by atoms with Gasteiger partial charge in [0.25, 0.3) is 0 Å². The van der Waals surface area contributed by atoms with E-state index in [0.717, 1.165) is 10.0 Å². The Morgan fingerprint density at radius 3 is 2.40 bits per heavy atom. The summed E-state index contributed by atoms with van der Waals surface area (Å²) in [6.07, 6.45) is 0. The summed E-state index contributed by atoms with van der Waals surface area (Å²) in [6, 6.07) is 16.4. The topological polar surface area (TPSA) is 32.3 Å². The fourth-order valence-corrected chi connectivity index (χ4v) is 2.73. The van der Waals surface area contributed by atoms with Crippen LogP contribution in [-0.2, 0) is 6.54 Å². The number of hydrogen-bond donors (Lipinski definition) is 2. The molecule has 20 heavy (non-hydrogen) atoms. The minimum atomic E-state index is 0.273. The summed E-state index contributed by atoms with van der Waals surface area (Å²) in [4.78, 5) is 0. The average molecular weight is 334 g/mol. The fraction of sp³-hybridized carbons (Fsp3) is 0.294. The normalized spacial score (nSPS) is 12.6. The Morgan fingerprint density at radius 1 is 1.05 bits per heavy atom. The number of nitrogens with one attached hydrogen (secondary N) is 1. The highest BCUT2D eigenvalue weighted by molar-refractivity contribution is 9.10. The summed E-state index contributed by atoms with van der Waals surface area (Å²) in [5, 5.41) is 13.6. The SMILES string of the molecule is CC(C)C(NCc1cccc(Br)c1O)c1ccccc1. The van der Waals surface area contributed by atoms with E-state index in [4.69, 9.17) is 0 Å². The van der Waals surface area contributed by atoms with Crippen molar-refractivity contribution < 1.29 is 5.11 Å². The maximum atomic E-state index is 10.0. The second-order valence-corrected chi connectivity index (χ2v) is 6.12. The summed E-state index contributed by atoms with van der Waals surface area (Å²) < 4.78 is 0.734. The van der Waals surface area contributed by atoms with Crippen molar-refractivity contribution in [1.82, 2.24) is 5.32 Å². The third-order valence-corrected chi connectivity index (χ3v) is 4.05. The molecule has 0 saturated heterocycles. The van der Waals surface area contributed by atoms with Crippen LogP contribution in [-0.4, -0.2) is 5.11 Å². The van der Waals surface area contributed by atoms with E-state index in [-0.39, 0.29) is 6.04 Å². The first-order valence-electron chi connectivity index (χ1n) is 6.84. The Bertz CT molecular complexity index is 554. The molecule has 0 spiro atoms. The van der Waals surface area contributed by atoms with Crippen LogP contribution in [0.1, 0.15) is 31.0 Å². The first-order chi connectivity index (χ1) is 9.59. The van der Waals surface area contributed by atoms with E-state index in [0.29, 0.717) is 18.2 Å². The molecule has 1 atom stereocenters. The lowest BCUT2D eigenvalue weighted by Gasteiger charge is -2.23. The largest absolute Gasteiger partial charge is 0.506 e. The molecular weight excluding hydrogens is 314 g/mol. The number of phenols is 1. The molecule has 0 aliphatic rings. The zero-order chi connectivity index (χ0) is 14.5. The van der Waals surface area contributed by atoms with Gasteiger partial charge in [-0.3, -0.25) is 0 Å². The van der Waals surface area contributed by atoms with E-state index < -0.39 is 0 Å². The van der Waals surface area contributed by atoms with Gasteiger partial charge in [-0.25, -0.2) is 0 Å². The number of rotatable bonds is 5. The Kier molecular flexibility index (Phi) is 5.21. The van der Waals surface area contributed by atoms with Gasteiger partial charge in [0.15, 0.2) is 0 Å². The number of hydrogen-bond acceptors (Lipinski definition) is 2. The van der Waals surface area contributed by atoms with Gasteiger partial charge >= 0.3 is 0 Å². The number of halogens is 1. The van der Waals surface area contributed by atoms with E-state index in [2.05, 4.69) is 59.4 Å². The van der Waals surface area contributed by atoms with Gasteiger partial charge in [-0.1, -0.05) is 56.3 Å². The molecule has 2 N–H and O–H groups in total. The molecular formula is C17H20BrNO. The molecule has 0 aromatic heterocycles. The summed E-state index contributed by atoms with van der Waals surface area (Å²) in [7, 11) is 0. The van der Waals surface area contributed by atoms with E-state index >= 15 is 0 Å². The van der Waals surface area contributed by atoms with Gasteiger partial charge in [0, 0.05) is 18.2 Å². The van der Waals surface area contributed by atoms with E-state index in [1.54, 1.807) is 0 Å². The third-order valence-electron chi connectivity index (χ3n) is 3.41. The minimum absolute atomic E-state index is 0.273. The number of phenolic OH excluding ortho intramolecular Hbond substituents is 1. The Balaban J connectivity index is 2.12. The van der Waals surface area contributed by atoms with E-state index in [1.165, 1.54) is 5.56 Å². The van der Waals surface area contributed by atoms with Crippen molar-refractivity contribution in [3.8, 4) is 5.75 Å². The second-order valence-electron chi connectivity index (χ2n) is 5.26. The zero-order valence-corrected chi connectivity index (χ0v) is 13.4. The van der Waals surface area contributed by atoms with Gasteiger partial charge in [-0.15, -0.1) is 0 Å². The van der Waals surface area contributed by atoms with Crippen LogP contribution in [0.25, 0.3) is 0 Å². The predicted molar refractivity (Wildman–Crippen MR) is 86.7 cm³/mol. The van der Waals surface area contributed by atoms with Crippen LogP contribution in [0.3, 0.4) is 0 Å². The molecule has 0 radical (unpaired) electrons. The van der Waals surface area contributed by atoms with Gasteiger partial charge < -0.3 is 10.4 Å². The highest BCUT2D eigenvalue weighted by atomic mass is 79.9. The van der Waals surface area contributed by atoms with Gasteiger partial charge in [0.05, 0.1) is 4.47 Å². The molecule has 0 saturated carbocycles. The monoisotopic (exact) mass is 333 g/mol. The molecule has 1 unspecified atom stereocenters. The van der Waals surface area contributed by atoms with Gasteiger partial charge in [-0.2, -0.15) is 0 Å². The standard InChI is InChI=1S/C17H20BrNO/c1-12(2)16(13-7-4-3-5-8-13)19-11-14-9-6-10-15(18)17(14)20/h3-10,12,16,19-20H,11H2,1-2H3. The molecule has 2 aromatic carbocycles. The van der Waals surface area contributed by atoms with Crippen LogP contribution in [0.5, 0.6) is 5.75 Å². The lowest BCUT2D eigenvalue weighted by molar-refractivity contribution is 0.402. The maximum absolute atomic E-state index is 10.0. The van der Waals surface area contributed by atoms with Gasteiger partial charge in [-0.05, 0) is 33.5 Å².